The van der Waals surface area contributed by atoms with Gasteiger partial charge in [-0.2, -0.15) is 0 Å². The van der Waals surface area contributed by atoms with Crippen LogP contribution in [0.5, 0.6) is 5.75 Å². The molecule has 0 atom stereocenters. The zero-order valence-electron chi connectivity index (χ0n) is 11.5. The molecular weight excluding hydrogens is 272 g/mol. The van der Waals surface area contributed by atoms with Gasteiger partial charge >= 0.3 is 5.97 Å². The summed E-state index contributed by atoms with van der Waals surface area (Å²) in [5.74, 6) is 0.161. The molecule has 6 nitrogen and oxygen atoms in total. The predicted molar refractivity (Wildman–Crippen MR) is 76.7 cm³/mol. The van der Waals surface area contributed by atoms with Crippen LogP contribution in [0.4, 0.5) is 0 Å². The third-order valence-electron chi connectivity index (χ3n) is 3.65. The van der Waals surface area contributed by atoms with Crippen molar-refractivity contribution in [2.45, 2.75) is 32.2 Å². The number of nitrogens with zero attached hydrogens (tertiary/aromatic N) is 2. The van der Waals surface area contributed by atoms with E-state index in [0.29, 0.717) is 23.2 Å². The summed E-state index contributed by atoms with van der Waals surface area (Å²) >= 11 is 0. The Kier molecular flexibility index (Phi) is 3.60. The van der Waals surface area contributed by atoms with Gasteiger partial charge in [-0.25, -0.2) is 9.78 Å². The van der Waals surface area contributed by atoms with Crippen molar-refractivity contribution in [3.05, 3.63) is 34.4 Å². The smallest absolute Gasteiger partial charge is 0.341 e. The van der Waals surface area contributed by atoms with Crippen LogP contribution in [0.3, 0.4) is 0 Å². The number of aliphatic carboxylic acids is 1. The van der Waals surface area contributed by atoms with Gasteiger partial charge in [0.25, 0.3) is 5.56 Å². The molecule has 2 aromatic rings. The average molecular weight is 288 g/mol. The van der Waals surface area contributed by atoms with E-state index in [1.807, 2.05) is 0 Å². The molecule has 1 aliphatic heterocycles. The molecule has 0 saturated carbocycles. The SMILES string of the molecule is O=C(O)COc1ccc2nc3n(c(=O)c2c1)CCCCC3. The van der Waals surface area contributed by atoms with E-state index in [-0.39, 0.29) is 5.56 Å². The zero-order valence-corrected chi connectivity index (χ0v) is 11.5. The second-order valence-corrected chi connectivity index (χ2v) is 5.16. The van der Waals surface area contributed by atoms with Crippen LogP contribution in [0.15, 0.2) is 23.0 Å². The largest absolute Gasteiger partial charge is 0.482 e. The molecule has 6 heteroatoms. The summed E-state index contributed by atoms with van der Waals surface area (Å²) in [5, 5.41) is 9.10. The minimum absolute atomic E-state index is 0.0716. The Balaban J connectivity index is 2.06. The summed E-state index contributed by atoms with van der Waals surface area (Å²) in [7, 11) is 0. The molecule has 2 heterocycles. The lowest BCUT2D eigenvalue weighted by Crippen LogP contribution is -2.24. The van der Waals surface area contributed by atoms with Crippen molar-refractivity contribution in [2.75, 3.05) is 6.61 Å². The number of ether oxygens (including phenoxy) is 1. The van der Waals surface area contributed by atoms with Gasteiger partial charge in [0.2, 0.25) is 0 Å². The fourth-order valence-corrected chi connectivity index (χ4v) is 2.63. The average Bonchev–Trinajstić information content (AvgIpc) is 2.71. The van der Waals surface area contributed by atoms with Gasteiger partial charge in [-0.15, -0.1) is 0 Å². The number of benzene rings is 1. The highest BCUT2D eigenvalue weighted by Crippen LogP contribution is 2.19. The van der Waals surface area contributed by atoms with Gasteiger partial charge in [0.1, 0.15) is 11.6 Å². The van der Waals surface area contributed by atoms with Crippen LogP contribution in [-0.2, 0) is 17.8 Å². The highest BCUT2D eigenvalue weighted by Gasteiger charge is 2.14. The van der Waals surface area contributed by atoms with E-state index in [0.717, 1.165) is 31.5 Å². The predicted octanol–water partition coefficient (Wildman–Crippen LogP) is 1.59. The summed E-state index contributed by atoms with van der Waals surface area (Å²) < 4.78 is 6.86. The van der Waals surface area contributed by atoms with Gasteiger partial charge in [0, 0.05) is 13.0 Å². The zero-order chi connectivity index (χ0) is 14.8. The molecule has 0 spiro atoms. The molecule has 1 aromatic carbocycles. The molecule has 0 radical (unpaired) electrons. The first-order chi connectivity index (χ1) is 10.1. The van der Waals surface area contributed by atoms with Gasteiger partial charge in [-0.05, 0) is 31.0 Å². The second-order valence-electron chi connectivity index (χ2n) is 5.16. The first-order valence-corrected chi connectivity index (χ1v) is 7.03. The van der Waals surface area contributed by atoms with Gasteiger partial charge in [0.15, 0.2) is 6.61 Å². The molecule has 21 heavy (non-hydrogen) atoms. The minimum atomic E-state index is -1.05. The van der Waals surface area contributed by atoms with Crippen molar-refractivity contribution in [3.8, 4) is 5.75 Å². The number of hydrogen-bond donors (Lipinski definition) is 1. The quantitative estimate of drug-likeness (QED) is 0.927. The number of aromatic nitrogens is 2. The van der Waals surface area contributed by atoms with E-state index in [9.17, 15) is 9.59 Å². The van der Waals surface area contributed by atoms with E-state index < -0.39 is 12.6 Å². The molecule has 1 N–H and O–H groups in total. The number of fused-ring (bicyclic) bond motifs is 2. The Hall–Kier alpha value is -2.37. The van der Waals surface area contributed by atoms with Crippen LogP contribution in [-0.4, -0.2) is 27.2 Å². The molecule has 1 aliphatic rings. The van der Waals surface area contributed by atoms with E-state index in [1.165, 1.54) is 0 Å². The number of hydrogen-bond acceptors (Lipinski definition) is 4. The fraction of sp³-hybridized carbons (Fsp3) is 0.400. The Bertz CT molecular complexity index is 751. The lowest BCUT2D eigenvalue weighted by atomic mass is 10.2. The van der Waals surface area contributed by atoms with Crippen molar-refractivity contribution < 1.29 is 14.6 Å². The van der Waals surface area contributed by atoms with E-state index in [1.54, 1.807) is 22.8 Å². The fourth-order valence-electron chi connectivity index (χ4n) is 2.63. The topological polar surface area (TPSA) is 81.4 Å². The lowest BCUT2D eigenvalue weighted by Gasteiger charge is -2.11. The highest BCUT2D eigenvalue weighted by molar-refractivity contribution is 5.79. The van der Waals surface area contributed by atoms with Gasteiger partial charge in [-0.1, -0.05) is 6.42 Å². The number of aryl methyl sites for hydroxylation is 1. The van der Waals surface area contributed by atoms with Gasteiger partial charge < -0.3 is 9.84 Å². The summed E-state index contributed by atoms with van der Waals surface area (Å²) in [6.07, 6.45) is 3.96. The maximum atomic E-state index is 12.6. The van der Waals surface area contributed by atoms with Crippen molar-refractivity contribution in [1.29, 1.82) is 0 Å². The Morgan fingerprint density at radius 1 is 1.33 bits per heavy atom. The van der Waals surface area contributed by atoms with Crippen molar-refractivity contribution >= 4 is 16.9 Å². The number of carboxylic acid groups (broad SMARTS) is 1. The third-order valence-corrected chi connectivity index (χ3v) is 3.65. The lowest BCUT2D eigenvalue weighted by molar-refractivity contribution is -0.139. The maximum Gasteiger partial charge on any atom is 0.341 e. The summed E-state index contributed by atoms with van der Waals surface area (Å²) in [5.41, 5.74) is 0.563. The third kappa shape index (κ3) is 2.74. The molecule has 0 aliphatic carbocycles. The molecule has 0 unspecified atom stereocenters. The summed E-state index contributed by atoms with van der Waals surface area (Å²) in [4.78, 5) is 27.7. The second kappa shape index (κ2) is 5.55. The van der Waals surface area contributed by atoms with Crippen LogP contribution in [0.1, 0.15) is 25.1 Å². The van der Waals surface area contributed by atoms with E-state index in [2.05, 4.69) is 4.98 Å². The van der Waals surface area contributed by atoms with Gasteiger partial charge in [-0.3, -0.25) is 9.36 Å². The Morgan fingerprint density at radius 2 is 2.19 bits per heavy atom. The standard InChI is InChI=1S/C15H16N2O4/c18-14(19)9-21-10-5-6-12-11(8-10)15(20)17-7-3-1-2-4-13(17)16-12/h5-6,8H,1-4,7,9H2,(H,18,19). The van der Waals surface area contributed by atoms with Crippen LogP contribution in [0, 0.1) is 0 Å². The molecular formula is C15H16N2O4. The van der Waals surface area contributed by atoms with E-state index in [4.69, 9.17) is 9.84 Å². The van der Waals surface area contributed by atoms with Crippen LogP contribution in [0.25, 0.3) is 10.9 Å². The van der Waals surface area contributed by atoms with E-state index >= 15 is 0 Å². The molecule has 0 fully saturated rings. The van der Waals surface area contributed by atoms with Crippen LogP contribution in [0.2, 0.25) is 0 Å². The molecule has 0 bridgehead atoms. The van der Waals surface area contributed by atoms with Crippen molar-refractivity contribution in [2.24, 2.45) is 0 Å². The normalized spacial score (nSPS) is 14.5. The van der Waals surface area contributed by atoms with Crippen LogP contribution >= 0.6 is 0 Å². The molecule has 0 saturated heterocycles. The number of carbonyl (C=O) groups is 1. The molecule has 1 aromatic heterocycles. The monoisotopic (exact) mass is 288 g/mol. The Labute approximate surface area is 121 Å². The number of rotatable bonds is 3. The minimum Gasteiger partial charge on any atom is -0.482 e. The first-order valence-electron chi connectivity index (χ1n) is 7.03. The maximum absolute atomic E-state index is 12.6. The van der Waals surface area contributed by atoms with Crippen molar-refractivity contribution in [1.82, 2.24) is 9.55 Å². The molecule has 110 valence electrons. The highest BCUT2D eigenvalue weighted by atomic mass is 16.5. The summed E-state index contributed by atoms with van der Waals surface area (Å²) in [6.45, 7) is 0.266. The Morgan fingerprint density at radius 3 is 3.00 bits per heavy atom. The summed E-state index contributed by atoms with van der Waals surface area (Å²) in [6, 6.07) is 4.93. The molecule has 0 amide bonds. The molecule has 3 rings (SSSR count). The van der Waals surface area contributed by atoms with Gasteiger partial charge in [0.05, 0.1) is 10.9 Å². The number of carboxylic acids is 1. The van der Waals surface area contributed by atoms with Crippen LogP contribution < -0.4 is 10.3 Å². The van der Waals surface area contributed by atoms with Crippen molar-refractivity contribution in [3.63, 3.8) is 0 Å². The first kappa shape index (κ1) is 13.6.